The molecule has 0 radical (unpaired) electrons. The predicted molar refractivity (Wildman–Crippen MR) is 130 cm³/mol. The number of thiazole rings is 1. The van der Waals surface area contributed by atoms with E-state index in [1.807, 2.05) is 49.7 Å². The van der Waals surface area contributed by atoms with Gasteiger partial charge in [0, 0.05) is 18.0 Å². The zero-order valence-corrected chi connectivity index (χ0v) is 20.4. The summed E-state index contributed by atoms with van der Waals surface area (Å²) in [5.74, 6) is 2.06. The molecule has 0 aliphatic heterocycles. The Labute approximate surface area is 199 Å². The molecule has 7 heteroatoms. The summed E-state index contributed by atoms with van der Waals surface area (Å²) in [5.41, 5.74) is 3.25. The maximum Gasteiger partial charge on any atom is 0.308 e. The fourth-order valence-electron chi connectivity index (χ4n) is 3.26. The average Bonchev–Trinajstić information content (AvgIpc) is 3.35. The molecule has 0 aliphatic rings. The number of benzene rings is 2. The van der Waals surface area contributed by atoms with Crippen LogP contribution in [0.3, 0.4) is 0 Å². The SMILES string of the molecule is CCc1ccc(O[C@@H](C)CCOc2ccc(OCCC(=O)OC)c(C)c2)c(-c2nccs2)c1. The molecule has 3 aromatic rings. The number of aryl methyl sites for hydroxylation is 2. The first-order valence-electron chi connectivity index (χ1n) is 11.1. The zero-order valence-electron chi connectivity index (χ0n) is 19.6. The van der Waals surface area contributed by atoms with E-state index in [4.69, 9.17) is 14.2 Å². The number of methoxy groups -OCH3 is 1. The molecule has 0 aliphatic carbocycles. The van der Waals surface area contributed by atoms with E-state index < -0.39 is 0 Å². The molecule has 0 fully saturated rings. The van der Waals surface area contributed by atoms with Gasteiger partial charge in [0.1, 0.15) is 22.3 Å². The minimum Gasteiger partial charge on any atom is -0.493 e. The zero-order chi connectivity index (χ0) is 23.6. The van der Waals surface area contributed by atoms with E-state index in [1.165, 1.54) is 12.7 Å². The fourth-order valence-corrected chi connectivity index (χ4v) is 3.92. The monoisotopic (exact) mass is 469 g/mol. The molecule has 0 unspecified atom stereocenters. The van der Waals surface area contributed by atoms with E-state index in [0.717, 1.165) is 46.2 Å². The Kier molecular flexibility index (Phi) is 9.13. The lowest BCUT2D eigenvalue weighted by atomic mass is 10.1. The van der Waals surface area contributed by atoms with Crippen molar-refractivity contribution in [3.63, 3.8) is 0 Å². The van der Waals surface area contributed by atoms with Gasteiger partial charge < -0.3 is 18.9 Å². The van der Waals surface area contributed by atoms with Gasteiger partial charge in [-0.3, -0.25) is 4.79 Å². The molecule has 1 aromatic heterocycles. The quantitative estimate of drug-likeness (QED) is 0.310. The Morgan fingerprint density at radius 2 is 1.91 bits per heavy atom. The number of aromatic nitrogens is 1. The number of rotatable bonds is 12. The van der Waals surface area contributed by atoms with E-state index in [-0.39, 0.29) is 25.1 Å². The first kappa shape index (κ1) is 24.6. The third-order valence-electron chi connectivity index (χ3n) is 5.17. The van der Waals surface area contributed by atoms with Crippen LogP contribution in [0.1, 0.15) is 37.8 Å². The summed E-state index contributed by atoms with van der Waals surface area (Å²) in [7, 11) is 1.37. The molecular formula is C26H31NO5S. The van der Waals surface area contributed by atoms with Crippen LogP contribution in [-0.4, -0.2) is 37.4 Å². The number of esters is 1. The molecule has 0 bridgehead atoms. The first-order valence-corrected chi connectivity index (χ1v) is 12.0. The van der Waals surface area contributed by atoms with Crippen molar-refractivity contribution in [3.8, 4) is 27.8 Å². The summed E-state index contributed by atoms with van der Waals surface area (Å²) in [4.78, 5) is 15.7. The van der Waals surface area contributed by atoms with Gasteiger partial charge in [-0.1, -0.05) is 13.0 Å². The van der Waals surface area contributed by atoms with Gasteiger partial charge in [-0.25, -0.2) is 4.98 Å². The van der Waals surface area contributed by atoms with E-state index >= 15 is 0 Å². The minimum absolute atomic E-state index is 0.0155. The van der Waals surface area contributed by atoms with Crippen molar-refractivity contribution in [2.45, 2.75) is 46.1 Å². The molecular weight excluding hydrogens is 438 g/mol. The molecule has 2 aromatic carbocycles. The number of hydrogen-bond acceptors (Lipinski definition) is 7. The van der Waals surface area contributed by atoms with Crippen LogP contribution in [0.5, 0.6) is 17.2 Å². The fraction of sp³-hybridized carbons (Fsp3) is 0.385. The van der Waals surface area contributed by atoms with Gasteiger partial charge in [-0.05, 0) is 61.7 Å². The van der Waals surface area contributed by atoms with Gasteiger partial charge in [0.25, 0.3) is 0 Å². The molecule has 0 amide bonds. The van der Waals surface area contributed by atoms with E-state index in [0.29, 0.717) is 6.61 Å². The molecule has 176 valence electrons. The highest BCUT2D eigenvalue weighted by atomic mass is 32.1. The summed E-state index contributed by atoms with van der Waals surface area (Å²) in [6, 6.07) is 12.0. The predicted octanol–water partition coefficient (Wildman–Crippen LogP) is 5.86. The Morgan fingerprint density at radius 1 is 1.09 bits per heavy atom. The van der Waals surface area contributed by atoms with Crippen LogP contribution in [0.15, 0.2) is 48.0 Å². The van der Waals surface area contributed by atoms with Crippen molar-refractivity contribution in [2.24, 2.45) is 0 Å². The summed E-state index contributed by atoms with van der Waals surface area (Å²) < 4.78 is 22.5. The van der Waals surface area contributed by atoms with Crippen LogP contribution in [0, 0.1) is 6.92 Å². The summed E-state index contributed by atoms with van der Waals surface area (Å²) in [6.07, 6.45) is 3.73. The Hall–Kier alpha value is -3.06. The molecule has 3 rings (SSSR count). The highest BCUT2D eigenvalue weighted by molar-refractivity contribution is 7.13. The largest absolute Gasteiger partial charge is 0.493 e. The third-order valence-corrected chi connectivity index (χ3v) is 5.98. The number of carbonyl (C=O) groups is 1. The second-order valence-electron chi connectivity index (χ2n) is 7.69. The van der Waals surface area contributed by atoms with Crippen molar-refractivity contribution in [2.75, 3.05) is 20.3 Å². The minimum atomic E-state index is -0.288. The molecule has 1 atom stereocenters. The van der Waals surface area contributed by atoms with Gasteiger partial charge in [-0.2, -0.15) is 0 Å². The number of ether oxygens (including phenoxy) is 4. The summed E-state index contributed by atoms with van der Waals surface area (Å²) >= 11 is 1.61. The van der Waals surface area contributed by atoms with E-state index in [2.05, 4.69) is 28.8 Å². The molecule has 33 heavy (non-hydrogen) atoms. The Balaban J connectivity index is 1.51. The second-order valence-corrected chi connectivity index (χ2v) is 8.58. The van der Waals surface area contributed by atoms with Crippen LogP contribution in [-0.2, 0) is 16.0 Å². The highest BCUT2D eigenvalue weighted by Crippen LogP contribution is 2.33. The lowest BCUT2D eigenvalue weighted by Crippen LogP contribution is -2.16. The van der Waals surface area contributed by atoms with Crippen LogP contribution >= 0.6 is 11.3 Å². The molecule has 6 nitrogen and oxygen atoms in total. The maximum absolute atomic E-state index is 11.2. The number of carbonyl (C=O) groups excluding carboxylic acids is 1. The van der Waals surface area contributed by atoms with Crippen molar-refractivity contribution in [1.29, 1.82) is 0 Å². The summed E-state index contributed by atoms with van der Waals surface area (Å²) in [5, 5.41) is 2.94. The Bertz CT molecular complexity index is 1040. The lowest BCUT2D eigenvalue weighted by Gasteiger charge is -2.18. The highest BCUT2D eigenvalue weighted by Gasteiger charge is 2.13. The van der Waals surface area contributed by atoms with Crippen LogP contribution < -0.4 is 14.2 Å². The topological polar surface area (TPSA) is 66.9 Å². The Morgan fingerprint density at radius 3 is 2.61 bits per heavy atom. The third kappa shape index (κ3) is 7.22. The second kappa shape index (κ2) is 12.3. The number of hydrogen-bond donors (Lipinski definition) is 0. The average molecular weight is 470 g/mol. The number of nitrogens with zero attached hydrogens (tertiary/aromatic N) is 1. The van der Waals surface area contributed by atoms with Crippen molar-refractivity contribution in [1.82, 2.24) is 4.98 Å². The van der Waals surface area contributed by atoms with Gasteiger partial charge in [-0.15, -0.1) is 11.3 Å². The van der Waals surface area contributed by atoms with Gasteiger partial charge in [0.15, 0.2) is 0 Å². The summed E-state index contributed by atoms with van der Waals surface area (Å²) in [6.45, 7) is 6.95. The lowest BCUT2D eigenvalue weighted by molar-refractivity contribution is -0.141. The standard InChI is InChI=1S/C26H31NO5S/c1-5-20-6-8-24(22(17-20)26-27-12-15-33-26)32-19(3)10-13-30-21-7-9-23(18(2)16-21)31-14-11-25(28)29-4/h6-9,12,15-17,19H,5,10-11,13-14H2,1-4H3/t19-/m0/s1. The van der Waals surface area contributed by atoms with Crippen LogP contribution in [0.25, 0.3) is 10.6 Å². The normalized spacial score (nSPS) is 11.6. The maximum atomic E-state index is 11.2. The van der Waals surface area contributed by atoms with Gasteiger partial charge in [0.2, 0.25) is 0 Å². The van der Waals surface area contributed by atoms with Crippen molar-refractivity contribution >= 4 is 17.3 Å². The molecule has 0 N–H and O–H groups in total. The smallest absolute Gasteiger partial charge is 0.308 e. The van der Waals surface area contributed by atoms with Crippen LogP contribution in [0.4, 0.5) is 0 Å². The molecule has 0 saturated carbocycles. The first-order chi connectivity index (χ1) is 16.0. The van der Waals surface area contributed by atoms with Crippen molar-refractivity contribution in [3.05, 3.63) is 59.1 Å². The molecule has 0 spiro atoms. The van der Waals surface area contributed by atoms with Gasteiger partial charge in [0.05, 0.1) is 38.4 Å². The van der Waals surface area contributed by atoms with Crippen LogP contribution in [0.2, 0.25) is 0 Å². The molecule has 1 heterocycles. The molecule has 0 saturated heterocycles. The van der Waals surface area contributed by atoms with E-state index in [1.54, 1.807) is 11.3 Å². The van der Waals surface area contributed by atoms with Gasteiger partial charge >= 0.3 is 5.97 Å². The van der Waals surface area contributed by atoms with E-state index in [9.17, 15) is 4.79 Å². The van der Waals surface area contributed by atoms with Crippen molar-refractivity contribution < 1.29 is 23.7 Å².